The molecule has 1 N–H and O–H groups in total. The minimum atomic E-state index is -0.751. The summed E-state index contributed by atoms with van der Waals surface area (Å²) < 4.78 is 6.29. The predicted octanol–water partition coefficient (Wildman–Crippen LogP) is 7.45. The number of fused-ring (bicyclic) bond motifs is 2. The fourth-order valence-corrected chi connectivity index (χ4v) is 8.55. The van der Waals surface area contributed by atoms with E-state index in [4.69, 9.17) is 14.4 Å². The molecule has 238 valence electrons. The van der Waals surface area contributed by atoms with Crippen LogP contribution >= 0.6 is 11.3 Å². The van der Waals surface area contributed by atoms with Gasteiger partial charge in [-0.2, -0.15) is 5.26 Å². The Hall–Kier alpha value is -4.36. The number of carboxylic acid groups (broad SMARTS) is 1. The van der Waals surface area contributed by atoms with Crippen LogP contribution in [-0.4, -0.2) is 57.0 Å². The van der Waals surface area contributed by atoms with Gasteiger partial charge in [-0.15, -0.1) is 11.3 Å². The first-order valence-corrected chi connectivity index (χ1v) is 17.4. The lowest BCUT2D eigenvalue weighted by atomic mass is 9.91. The van der Waals surface area contributed by atoms with Crippen LogP contribution in [0.4, 0.5) is 0 Å². The summed E-state index contributed by atoms with van der Waals surface area (Å²) in [6.45, 7) is 9.45. The number of carbonyl (C=O) groups is 1. The zero-order chi connectivity index (χ0) is 32.2. The molecule has 4 heterocycles. The molecule has 3 aliphatic rings. The minimum absolute atomic E-state index is 0.345. The fourth-order valence-electron chi connectivity index (χ4n) is 7.32. The molecule has 47 heavy (non-hydrogen) atoms. The Kier molecular flexibility index (Phi) is 7.67. The molecule has 2 fully saturated rings. The molecule has 2 aromatic heterocycles. The normalized spacial score (nSPS) is 18.4. The van der Waals surface area contributed by atoms with Gasteiger partial charge in [-0.3, -0.25) is 14.6 Å². The summed E-state index contributed by atoms with van der Waals surface area (Å²) in [6.07, 6.45) is 4.44. The lowest BCUT2D eigenvalue weighted by Crippen LogP contribution is -2.31. The Bertz CT molecular complexity index is 2070. The topological polar surface area (TPSA) is 106 Å². The van der Waals surface area contributed by atoms with E-state index in [0.717, 1.165) is 64.8 Å². The van der Waals surface area contributed by atoms with Gasteiger partial charge in [0.05, 0.1) is 17.2 Å². The van der Waals surface area contributed by atoms with Gasteiger partial charge in [-0.1, -0.05) is 30.3 Å². The summed E-state index contributed by atoms with van der Waals surface area (Å²) in [6, 6.07) is 18.8. The number of nitriles is 1. The van der Waals surface area contributed by atoms with Crippen LogP contribution in [0, 0.1) is 37.0 Å². The van der Waals surface area contributed by atoms with E-state index >= 15 is 0 Å². The maximum atomic E-state index is 11.4. The summed E-state index contributed by atoms with van der Waals surface area (Å²) in [4.78, 5) is 27.6. The van der Waals surface area contributed by atoms with Crippen LogP contribution in [0.25, 0.3) is 44.3 Å². The number of aliphatic carboxylic acids is 1. The van der Waals surface area contributed by atoms with Crippen LogP contribution < -0.4 is 0 Å². The van der Waals surface area contributed by atoms with E-state index in [-0.39, 0.29) is 5.92 Å². The summed E-state index contributed by atoms with van der Waals surface area (Å²) in [5.74, 6) is 0.287. The van der Waals surface area contributed by atoms with Gasteiger partial charge in [0.1, 0.15) is 16.6 Å². The lowest BCUT2D eigenvalue weighted by molar-refractivity contribution is -0.141. The second kappa shape index (κ2) is 12.0. The quantitative estimate of drug-likeness (QED) is 0.186. The van der Waals surface area contributed by atoms with Crippen LogP contribution in [0.1, 0.15) is 52.1 Å². The van der Waals surface area contributed by atoms with E-state index in [0.29, 0.717) is 42.1 Å². The molecule has 8 rings (SSSR count). The number of benzene rings is 3. The molecule has 2 aliphatic heterocycles. The number of aromatic nitrogens is 2. The monoisotopic (exact) mass is 643 g/mol. The lowest BCUT2D eigenvalue weighted by Gasteiger charge is -2.25. The number of hydrogen-bond donors (Lipinski definition) is 1. The fraction of sp³-hybridized carbons (Fsp3) is 0.368. The minimum Gasteiger partial charge on any atom is -0.481 e. The van der Waals surface area contributed by atoms with Crippen molar-refractivity contribution in [2.24, 2.45) is 11.8 Å². The zero-order valence-corrected chi connectivity index (χ0v) is 27.6. The third kappa shape index (κ3) is 5.75. The van der Waals surface area contributed by atoms with E-state index < -0.39 is 5.97 Å². The van der Waals surface area contributed by atoms with Gasteiger partial charge in [0, 0.05) is 55.1 Å². The molecule has 0 unspecified atom stereocenters. The maximum Gasteiger partial charge on any atom is 0.307 e. The Morgan fingerprint density at radius 1 is 1.00 bits per heavy atom. The van der Waals surface area contributed by atoms with Crippen molar-refractivity contribution in [3.05, 3.63) is 81.4 Å². The third-order valence-corrected chi connectivity index (χ3v) is 11.3. The van der Waals surface area contributed by atoms with Crippen molar-refractivity contribution in [3.63, 3.8) is 0 Å². The van der Waals surface area contributed by atoms with Crippen LogP contribution in [0.2, 0.25) is 0 Å². The van der Waals surface area contributed by atoms with Crippen LogP contribution in [0.15, 0.2) is 52.9 Å². The van der Waals surface area contributed by atoms with Crippen molar-refractivity contribution < 1.29 is 14.3 Å². The molecule has 1 saturated carbocycles. The number of thiazole rings is 1. The molecule has 8 nitrogen and oxygen atoms in total. The average molecular weight is 644 g/mol. The number of likely N-dealkylation sites (tertiary alicyclic amines) is 1. The molecule has 9 heteroatoms. The van der Waals surface area contributed by atoms with Gasteiger partial charge in [-0.05, 0) is 91.6 Å². The van der Waals surface area contributed by atoms with E-state index in [9.17, 15) is 15.2 Å². The van der Waals surface area contributed by atoms with Gasteiger partial charge < -0.3 is 9.52 Å². The first-order chi connectivity index (χ1) is 22.8. The van der Waals surface area contributed by atoms with Crippen molar-refractivity contribution >= 4 is 28.4 Å². The number of hydrogen-bond acceptors (Lipinski definition) is 8. The van der Waals surface area contributed by atoms with Crippen molar-refractivity contribution in [2.75, 3.05) is 26.2 Å². The number of nitrogens with zero attached hydrogens (tertiary/aromatic N) is 5. The predicted molar refractivity (Wildman–Crippen MR) is 183 cm³/mol. The summed E-state index contributed by atoms with van der Waals surface area (Å²) in [5, 5.41) is 20.5. The summed E-state index contributed by atoms with van der Waals surface area (Å²) >= 11 is 1.85. The van der Waals surface area contributed by atoms with Crippen molar-refractivity contribution in [3.8, 4) is 39.2 Å². The Labute approximate surface area is 278 Å². The van der Waals surface area contributed by atoms with Crippen molar-refractivity contribution in [1.82, 2.24) is 19.8 Å². The second-order valence-corrected chi connectivity index (χ2v) is 14.5. The molecule has 0 spiro atoms. The summed E-state index contributed by atoms with van der Waals surface area (Å²) in [5.41, 5.74) is 10.3. The van der Waals surface area contributed by atoms with Gasteiger partial charge in [-0.25, -0.2) is 9.97 Å². The van der Waals surface area contributed by atoms with Crippen LogP contribution in [-0.2, 0) is 24.3 Å². The molecule has 0 radical (unpaired) electrons. The van der Waals surface area contributed by atoms with Gasteiger partial charge in [0.15, 0.2) is 5.58 Å². The molecule has 1 aliphatic carbocycles. The maximum absolute atomic E-state index is 11.4. The molecule has 0 bridgehead atoms. The average Bonchev–Trinajstić information content (AvgIpc) is 3.41. The first kappa shape index (κ1) is 30.0. The van der Waals surface area contributed by atoms with E-state index in [2.05, 4.69) is 54.0 Å². The van der Waals surface area contributed by atoms with Gasteiger partial charge in [0.2, 0.25) is 5.89 Å². The Morgan fingerprint density at radius 2 is 1.74 bits per heavy atom. The number of oxazole rings is 1. The van der Waals surface area contributed by atoms with Crippen molar-refractivity contribution in [2.45, 2.75) is 52.6 Å². The largest absolute Gasteiger partial charge is 0.481 e. The second-order valence-electron chi connectivity index (χ2n) is 13.5. The van der Waals surface area contributed by atoms with Gasteiger partial charge in [0.25, 0.3) is 0 Å². The third-order valence-electron chi connectivity index (χ3n) is 10.1. The first-order valence-electron chi connectivity index (χ1n) is 16.5. The molecule has 1 saturated heterocycles. The van der Waals surface area contributed by atoms with Crippen LogP contribution in [0.3, 0.4) is 0 Å². The van der Waals surface area contributed by atoms with Crippen LogP contribution in [0.5, 0.6) is 0 Å². The molecule has 0 amide bonds. The molecular formula is C38H37N5O3S. The van der Waals surface area contributed by atoms with Crippen molar-refractivity contribution in [1.29, 1.82) is 5.26 Å². The highest BCUT2D eigenvalue weighted by atomic mass is 32.1. The Morgan fingerprint density at radius 3 is 2.47 bits per heavy atom. The SMILES string of the molecule is Cc1c(-c2nc3cc(CN4CC[C@@H](C(=O)O)C4)cc(C#N)c3o2)cccc1-c1cccc(-c2nc3c(s2)CN(CC2CC2)CC3)c1C. The standard InChI is InChI=1S/C38H37N5O3S/c1-22-28(29-6-4-8-31(23(29)2)37-41-32-12-14-43(18-24-9-10-24)21-34(32)47-37)5-3-7-30(22)36-40-33-16-25(15-27(17-39)35(33)46-36)19-42-13-11-26(20-42)38(44)45/h3-8,15-16,24,26H,9-14,18-21H2,1-2H3,(H,44,45)/t26-/m1/s1. The zero-order valence-electron chi connectivity index (χ0n) is 26.8. The van der Waals surface area contributed by atoms with E-state index in [1.807, 2.05) is 35.6 Å². The highest BCUT2D eigenvalue weighted by molar-refractivity contribution is 7.15. The van der Waals surface area contributed by atoms with E-state index in [1.165, 1.54) is 41.1 Å². The molecule has 5 aromatic rings. The number of rotatable bonds is 8. The summed E-state index contributed by atoms with van der Waals surface area (Å²) in [7, 11) is 0. The van der Waals surface area contributed by atoms with E-state index in [1.54, 1.807) is 0 Å². The smallest absolute Gasteiger partial charge is 0.307 e. The van der Waals surface area contributed by atoms with Gasteiger partial charge >= 0.3 is 5.97 Å². The molecular weight excluding hydrogens is 607 g/mol. The molecule has 3 aromatic carbocycles. The highest BCUT2D eigenvalue weighted by Crippen LogP contribution is 2.40. The molecule has 1 atom stereocenters. The highest BCUT2D eigenvalue weighted by Gasteiger charge is 2.29. The number of carboxylic acids is 1. The Balaban J connectivity index is 1.09.